The van der Waals surface area contributed by atoms with E-state index in [4.69, 9.17) is 0 Å². The molecule has 1 heterocycles. The largest absolute Gasteiger partial charge is 0.258 e. The Morgan fingerprint density at radius 2 is 1.75 bits per heavy atom. The molecule has 2 heteroatoms. The summed E-state index contributed by atoms with van der Waals surface area (Å²) in [5.41, 5.74) is 3.23. The number of aromatic nitrogens is 2. The number of aryl methyl sites for hydroxylation is 2. The van der Waals surface area contributed by atoms with E-state index >= 15 is 0 Å². The molecule has 0 aliphatic heterocycles. The molecule has 1 aromatic rings. The molecule has 0 amide bonds. The van der Waals surface area contributed by atoms with Gasteiger partial charge in [-0.15, -0.1) is 0 Å². The summed E-state index contributed by atoms with van der Waals surface area (Å²) < 4.78 is 0. The maximum atomic E-state index is 4.48. The minimum atomic E-state index is 0.100. The van der Waals surface area contributed by atoms with Crippen molar-refractivity contribution in [1.82, 2.24) is 9.97 Å². The Bertz CT molecular complexity index is 284. The van der Waals surface area contributed by atoms with Crippen LogP contribution in [-0.2, 0) is 5.41 Å². The summed E-state index contributed by atoms with van der Waals surface area (Å²) in [6, 6.07) is 0. The van der Waals surface area contributed by atoms with E-state index in [2.05, 4.69) is 30.7 Å². The van der Waals surface area contributed by atoms with Crippen molar-refractivity contribution in [2.75, 3.05) is 0 Å². The SMILES string of the molecule is Cc1cnc(C)c(C(C)(C)C)n1. The molecular formula is C10H16N2. The normalized spacial score (nSPS) is 11.8. The highest BCUT2D eigenvalue weighted by Gasteiger charge is 2.18. The smallest absolute Gasteiger partial charge is 0.0672 e. The number of nitrogens with zero attached hydrogens (tertiary/aromatic N) is 2. The van der Waals surface area contributed by atoms with Crippen molar-refractivity contribution in [3.05, 3.63) is 23.3 Å². The van der Waals surface area contributed by atoms with Gasteiger partial charge in [0.1, 0.15) is 0 Å². The first-order valence-electron chi connectivity index (χ1n) is 4.22. The fourth-order valence-electron chi connectivity index (χ4n) is 1.25. The summed E-state index contributed by atoms with van der Waals surface area (Å²) in [4.78, 5) is 8.76. The molecule has 0 atom stereocenters. The predicted octanol–water partition coefficient (Wildman–Crippen LogP) is 2.39. The lowest BCUT2D eigenvalue weighted by Crippen LogP contribution is -2.16. The Hall–Kier alpha value is -0.920. The van der Waals surface area contributed by atoms with E-state index in [1.54, 1.807) is 0 Å². The second kappa shape index (κ2) is 2.85. The molecule has 0 aromatic carbocycles. The van der Waals surface area contributed by atoms with Gasteiger partial charge in [-0.05, 0) is 13.8 Å². The van der Waals surface area contributed by atoms with Gasteiger partial charge in [0, 0.05) is 11.6 Å². The van der Waals surface area contributed by atoms with E-state index in [1.165, 1.54) is 0 Å². The van der Waals surface area contributed by atoms with Crippen molar-refractivity contribution < 1.29 is 0 Å². The molecule has 0 fully saturated rings. The van der Waals surface area contributed by atoms with Gasteiger partial charge in [0.2, 0.25) is 0 Å². The molecule has 0 saturated heterocycles. The van der Waals surface area contributed by atoms with Crippen LogP contribution in [0, 0.1) is 13.8 Å². The minimum Gasteiger partial charge on any atom is -0.258 e. The first-order chi connectivity index (χ1) is 5.41. The van der Waals surface area contributed by atoms with Gasteiger partial charge in [0.15, 0.2) is 0 Å². The van der Waals surface area contributed by atoms with Gasteiger partial charge >= 0.3 is 0 Å². The Morgan fingerprint density at radius 1 is 1.17 bits per heavy atom. The predicted molar refractivity (Wildman–Crippen MR) is 50.2 cm³/mol. The van der Waals surface area contributed by atoms with Gasteiger partial charge < -0.3 is 0 Å². The fourth-order valence-corrected chi connectivity index (χ4v) is 1.25. The molecule has 1 rings (SSSR count). The summed E-state index contributed by atoms with van der Waals surface area (Å²) in [6.07, 6.45) is 1.81. The zero-order chi connectivity index (χ0) is 9.35. The number of hydrogen-bond acceptors (Lipinski definition) is 2. The maximum absolute atomic E-state index is 4.48. The summed E-state index contributed by atoms with van der Waals surface area (Å²) in [7, 11) is 0. The zero-order valence-corrected chi connectivity index (χ0v) is 8.47. The first-order valence-corrected chi connectivity index (χ1v) is 4.22. The summed E-state index contributed by atoms with van der Waals surface area (Å²) in [5.74, 6) is 0. The lowest BCUT2D eigenvalue weighted by atomic mass is 9.90. The van der Waals surface area contributed by atoms with E-state index in [0.29, 0.717) is 0 Å². The van der Waals surface area contributed by atoms with Crippen LogP contribution in [0.3, 0.4) is 0 Å². The molecule has 0 spiro atoms. The van der Waals surface area contributed by atoms with Gasteiger partial charge in [-0.25, -0.2) is 0 Å². The van der Waals surface area contributed by atoms with Crippen LogP contribution < -0.4 is 0 Å². The minimum absolute atomic E-state index is 0.100. The van der Waals surface area contributed by atoms with Gasteiger partial charge in [-0.1, -0.05) is 20.8 Å². The second-order valence-corrected chi connectivity index (χ2v) is 4.20. The Labute approximate surface area is 74.1 Å². The molecule has 12 heavy (non-hydrogen) atoms. The highest BCUT2D eigenvalue weighted by Crippen LogP contribution is 2.21. The maximum Gasteiger partial charge on any atom is 0.0672 e. The van der Waals surface area contributed by atoms with E-state index in [0.717, 1.165) is 17.1 Å². The Balaban J connectivity index is 3.23. The van der Waals surface area contributed by atoms with Crippen LogP contribution in [-0.4, -0.2) is 9.97 Å². The zero-order valence-electron chi connectivity index (χ0n) is 8.47. The second-order valence-electron chi connectivity index (χ2n) is 4.20. The van der Waals surface area contributed by atoms with Crippen molar-refractivity contribution >= 4 is 0 Å². The van der Waals surface area contributed by atoms with Crippen LogP contribution in [0.2, 0.25) is 0 Å². The van der Waals surface area contributed by atoms with Crippen molar-refractivity contribution in [2.45, 2.75) is 40.0 Å². The van der Waals surface area contributed by atoms with Crippen LogP contribution in [0.5, 0.6) is 0 Å². The summed E-state index contributed by atoms with van der Waals surface area (Å²) in [5, 5.41) is 0. The third kappa shape index (κ3) is 1.81. The standard InChI is InChI=1S/C10H16N2/c1-7-6-11-8(2)9(12-7)10(3,4)5/h6H,1-5H3. The van der Waals surface area contributed by atoms with E-state index < -0.39 is 0 Å². The molecule has 66 valence electrons. The van der Waals surface area contributed by atoms with Gasteiger partial charge in [0.25, 0.3) is 0 Å². The van der Waals surface area contributed by atoms with Gasteiger partial charge in [-0.2, -0.15) is 0 Å². The van der Waals surface area contributed by atoms with E-state index in [1.807, 2.05) is 20.0 Å². The molecule has 2 nitrogen and oxygen atoms in total. The highest BCUT2D eigenvalue weighted by molar-refractivity contribution is 5.19. The number of rotatable bonds is 0. The lowest BCUT2D eigenvalue weighted by Gasteiger charge is -2.19. The third-order valence-corrected chi connectivity index (χ3v) is 1.79. The van der Waals surface area contributed by atoms with Crippen molar-refractivity contribution in [1.29, 1.82) is 0 Å². The Kier molecular flexibility index (Phi) is 2.18. The van der Waals surface area contributed by atoms with Gasteiger partial charge in [0.05, 0.1) is 17.1 Å². The topological polar surface area (TPSA) is 25.8 Å². The van der Waals surface area contributed by atoms with E-state index in [9.17, 15) is 0 Å². The van der Waals surface area contributed by atoms with Crippen LogP contribution in [0.15, 0.2) is 6.20 Å². The van der Waals surface area contributed by atoms with Crippen LogP contribution in [0.4, 0.5) is 0 Å². The highest BCUT2D eigenvalue weighted by atomic mass is 14.8. The molecule has 0 aliphatic rings. The molecule has 0 aliphatic carbocycles. The fraction of sp³-hybridized carbons (Fsp3) is 0.600. The molecule has 0 unspecified atom stereocenters. The monoisotopic (exact) mass is 164 g/mol. The molecule has 0 radical (unpaired) electrons. The van der Waals surface area contributed by atoms with E-state index in [-0.39, 0.29) is 5.41 Å². The quantitative estimate of drug-likeness (QED) is 0.588. The number of hydrogen-bond donors (Lipinski definition) is 0. The molecular weight excluding hydrogens is 148 g/mol. The third-order valence-electron chi connectivity index (χ3n) is 1.79. The van der Waals surface area contributed by atoms with Crippen molar-refractivity contribution in [3.8, 4) is 0 Å². The van der Waals surface area contributed by atoms with Crippen molar-refractivity contribution in [2.24, 2.45) is 0 Å². The molecule has 1 aromatic heterocycles. The summed E-state index contributed by atoms with van der Waals surface area (Å²) in [6.45, 7) is 10.4. The lowest BCUT2D eigenvalue weighted by molar-refractivity contribution is 0.557. The molecule has 0 N–H and O–H groups in total. The average molecular weight is 164 g/mol. The van der Waals surface area contributed by atoms with Crippen LogP contribution >= 0.6 is 0 Å². The van der Waals surface area contributed by atoms with Crippen LogP contribution in [0.1, 0.15) is 37.9 Å². The average Bonchev–Trinajstić information content (AvgIpc) is 1.92. The molecule has 0 bridgehead atoms. The van der Waals surface area contributed by atoms with Gasteiger partial charge in [-0.3, -0.25) is 9.97 Å². The first kappa shape index (κ1) is 9.17. The van der Waals surface area contributed by atoms with Crippen molar-refractivity contribution in [3.63, 3.8) is 0 Å². The summed E-state index contributed by atoms with van der Waals surface area (Å²) >= 11 is 0. The Morgan fingerprint density at radius 3 is 2.17 bits per heavy atom. The van der Waals surface area contributed by atoms with Crippen LogP contribution in [0.25, 0.3) is 0 Å². The molecule has 0 saturated carbocycles.